The first-order valence-corrected chi connectivity index (χ1v) is 8.39. The van der Waals surface area contributed by atoms with Gasteiger partial charge in [0.25, 0.3) is 0 Å². The molecule has 112 valence electrons. The third kappa shape index (κ3) is 4.45. The number of carboxylic acids is 1. The van der Waals surface area contributed by atoms with Crippen molar-refractivity contribution in [1.82, 2.24) is 4.31 Å². The van der Waals surface area contributed by atoms with Gasteiger partial charge in [-0.25, -0.2) is 8.42 Å². The summed E-state index contributed by atoms with van der Waals surface area (Å²) >= 11 is 0. The van der Waals surface area contributed by atoms with E-state index in [2.05, 4.69) is 0 Å². The Morgan fingerprint density at radius 3 is 2.16 bits per heavy atom. The summed E-state index contributed by atoms with van der Waals surface area (Å²) in [7, 11) is -3.41. The van der Waals surface area contributed by atoms with Crippen molar-refractivity contribution in [3.63, 3.8) is 0 Å². The molecule has 0 aromatic heterocycles. The van der Waals surface area contributed by atoms with Crippen LogP contribution < -0.4 is 0 Å². The Bertz CT molecular complexity index is 405. The van der Waals surface area contributed by atoms with Gasteiger partial charge in [0.15, 0.2) is 0 Å². The van der Waals surface area contributed by atoms with Gasteiger partial charge in [-0.15, -0.1) is 0 Å². The van der Waals surface area contributed by atoms with E-state index in [4.69, 9.17) is 5.11 Å². The lowest BCUT2D eigenvalue weighted by molar-refractivity contribution is -0.137. The minimum atomic E-state index is -3.41. The quantitative estimate of drug-likeness (QED) is 0.843. The zero-order valence-electron chi connectivity index (χ0n) is 12.1. The maximum Gasteiger partial charge on any atom is 0.304 e. The van der Waals surface area contributed by atoms with E-state index in [0.29, 0.717) is 12.8 Å². The van der Waals surface area contributed by atoms with Crippen molar-refractivity contribution in [2.75, 3.05) is 6.54 Å². The van der Waals surface area contributed by atoms with Crippen molar-refractivity contribution in [3.8, 4) is 0 Å². The summed E-state index contributed by atoms with van der Waals surface area (Å²) in [6.07, 6.45) is 4.23. The summed E-state index contributed by atoms with van der Waals surface area (Å²) in [5.41, 5.74) is -0.578. The molecule has 1 fully saturated rings. The molecule has 19 heavy (non-hydrogen) atoms. The molecule has 0 atom stereocenters. The van der Waals surface area contributed by atoms with Crippen molar-refractivity contribution in [1.29, 1.82) is 0 Å². The van der Waals surface area contributed by atoms with Crippen LogP contribution in [0.2, 0.25) is 0 Å². The minimum absolute atomic E-state index is 0.0532. The summed E-state index contributed by atoms with van der Waals surface area (Å²) in [4.78, 5) is 10.7. The summed E-state index contributed by atoms with van der Waals surface area (Å²) in [6.45, 7) is 5.50. The van der Waals surface area contributed by atoms with Crippen LogP contribution in [0, 0.1) is 0 Å². The Kier molecular flexibility index (Phi) is 5.38. The number of hydrogen-bond acceptors (Lipinski definition) is 3. The Morgan fingerprint density at radius 1 is 1.21 bits per heavy atom. The van der Waals surface area contributed by atoms with Gasteiger partial charge in [0.1, 0.15) is 0 Å². The molecule has 0 heterocycles. The van der Waals surface area contributed by atoms with Crippen molar-refractivity contribution < 1.29 is 18.3 Å². The van der Waals surface area contributed by atoms with Gasteiger partial charge < -0.3 is 5.11 Å². The van der Waals surface area contributed by atoms with Gasteiger partial charge in [-0.05, 0) is 33.6 Å². The molecule has 5 nitrogen and oxygen atoms in total. The molecule has 0 bridgehead atoms. The van der Waals surface area contributed by atoms with E-state index in [9.17, 15) is 13.2 Å². The Balaban J connectivity index is 2.91. The van der Waals surface area contributed by atoms with Gasteiger partial charge in [-0.2, -0.15) is 4.31 Å². The fourth-order valence-corrected chi connectivity index (χ4v) is 4.98. The van der Waals surface area contributed by atoms with E-state index in [1.165, 1.54) is 4.31 Å². The monoisotopic (exact) mass is 291 g/mol. The van der Waals surface area contributed by atoms with Gasteiger partial charge in [0, 0.05) is 12.1 Å². The third-order valence-electron chi connectivity index (χ3n) is 3.56. The Morgan fingerprint density at radius 2 is 1.74 bits per heavy atom. The van der Waals surface area contributed by atoms with E-state index in [0.717, 1.165) is 19.3 Å². The first kappa shape index (κ1) is 16.4. The van der Waals surface area contributed by atoms with E-state index < -0.39 is 21.5 Å². The Hall–Kier alpha value is -0.620. The second-order valence-corrected chi connectivity index (χ2v) is 8.33. The lowest BCUT2D eigenvalue weighted by atomic mass is 10.0. The lowest BCUT2D eigenvalue weighted by Crippen LogP contribution is -2.50. The number of sulfonamides is 1. The van der Waals surface area contributed by atoms with Crippen LogP contribution in [0.4, 0.5) is 0 Å². The fourth-order valence-electron chi connectivity index (χ4n) is 2.58. The zero-order chi connectivity index (χ0) is 14.7. The molecule has 1 N–H and O–H groups in total. The molecule has 0 aromatic carbocycles. The molecule has 6 heteroatoms. The number of carbonyl (C=O) groups is 1. The van der Waals surface area contributed by atoms with Gasteiger partial charge in [-0.1, -0.05) is 19.3 Å². The highest BCUT2D eigenvalue weighted by Gasteiger charge is 2.38. The minimum Gasteiger partial charge on any atom is -0.481 e. The number of rotatable bonds is 5. The first-order chi connectivity index (χ1) is 8.65. The molecule has 1 aliphatic carbocycles. The lowest BCUT2D eigenvalue weighted by Gasteiger charge is -2.37. The molecule has 1 aliphatic rings. The van der Waals surface area contributed by atoms with E-state index >= 15 is 0 Å². The molecule has 0 radical (unpaired) electrons. The van der Waals surface area contributed by atoms with Crippen LogP contribution in [0.5, 0.6) is 0 Å². The van der Waals surface area contributed by atoms with E-state index in [1.54, 1.807) is 0 Å². The third-order valence-corrected chi connectivity index (χ3v) is 6.22. The van der Waals surface area contributed by atoms with Crippen LogP contribution in [-0.4, -0.2) is 41.1 Å². The standard InChI is InChI=1S/C13H25NO4S/c1-13(2,3)14(10-9-12(15)16)19(17,18)11-7-5-4-6-8-11/h11H,4-10H2,1-3H3,(H,15,16). The van der Waals surface area contributed by atoms with Crippen LogP contribution in [-0.2, 0) is 14.8 Å². The number of nitrogens with zero attached hydrogens (tertiary/aromatic N) is 1. The van der Waals surface area contributed by atoms with E-state index in [1.807, 2.05) is 20.8 Å². The maximum absolute atomic E-state index is 12.7. The average molecular weight is 291 g/mol. The highest BCUT2D eigenvalue weighted by atomic mass is 32.2. The van der Waals surface area contributed by atoms with Crippen LogP contribution in [0.15, 0.2) is 0 Å². The second-order valence-electron chi connectivity index (χ2n) is 6.19. The highest BCUT2D eigenvalue weighted by Crippen LogP contribution is 2.30. The first-order valence-electron chi connectivity index (χ1n) is 6.89. The molecule has 1 rings (SSSR count). The summed E-state index contributed by atoms with van der Waals surface area (Å²) < 4.78 is 26.7. The Labute approximate surface area is 116 Å². The molecule has 0 amide bonds. The van der Waals surface area contributed by atoms with Crippen molar-refractivity contribution >= 4 is 16.0 Å². The predicted molar refractivity (Wildman–Crippen MR) is 74.5 cm³/mol. The summed E-state index contributed by atoms with van der Waals surface area (Å²) in [5, 5.41) is 8.44. The molecule has 0 aromatic rings. The average Bonchev–Trinajstić information content (AvgIpc) is 2.27. The topological polar surface area (TPSA) is 74.7 Å². The maximum atomic E-state index is 12.7. The van der Waals surface area contributed by atoms with Gasteiger partial charge in [0.2, 0.25) is 10.0 Å². The van der Waals surface area contributed by atoms with E-state index in [-0.39, 0.29) is 18.2 Å². The van der Waals surface area contributed by atoms with Crippen molar-refractivity contribution in [3.05, 3.63) is 0 Å². The zero-order valence-corrected chi connectivity index (χ0v) is 12.9. The van der Waals surface area contributed by atoms with Crippen LogP contribution in [0.25, 0.3) is 0 Å². The molecule has 0 saturated heterocycles. The van der Waals surface area contributed by atoms with Crippen LogP contribution in [0.1, 0.15) is 59.3 Å². The van der Waals surface area contributed by atoms with Crippen molar-refractivity contribution in [2.24, 2.45) is 0 Å². The molecule has 1 saturated carbocycles. The highest BCUT2D eigenvalue weighted by molar-refractivity contribution is 7.89. The van der Waals surface area contributed by atoms with Gasteiger partial charge in [0.05, 0.1) is 11.7 Å². The van der Waals surface area contributed by atoms with Crippen LogP contribution >= 0.6 is 0 Å². The normalized spacial score (nSPS) is 18.7. The van der Waals surface area contributed by atoms with Crippen LogP contribution in [0.3, 0.4) is 0 Å². The molecular weight excluding hydrogens is 266 g/mol. The summed E-state index contributed by atoms with van der Waals surface area (Å²) in [5.74, 6) is -0.965. The number of hydrogen-bond donors (Lipinski definition) is 1. The van der Waals surface area contributed by atoms with Crippen molar-refractivity contribution in [2.45, 2.75) is 70.1 Å². The van der Waals surface area contributed by atoms with Gasteiger partial charge in [-0.3, -0.25) is 4.79 Å². The SMILES string of the molecule is CC(C)(C)N(CCC(=O)O)S(=O)(=O)C1CCCCC1. The number of aliphatic carboxylic acids is 1. The molecule has 0 unspecified atom stereocenters. The molecule has 0 spiro atoms. The molecule has 0 aliphatic heterocycles. The largest absolute Gasteiger partial charge is 0.481 e. The van der Waals surface area contributed by atoms with Gasteiger partial charge >= 0.3 is 5.97 Å². The predicted octanol–water partition coefficient (Wildman–Crippen LogP) is 2.22. The smallest absolute Gasteiger partial charge is 0.304 e. The summed E-state index contributed by atoms with van der Waals surface area (Å²) in [6, 6.07) is 0. The molecular formula is C13H25NO4S. The fraction of sp³-hybridized carbons (Fsp3) is 0.923. The second kappa shape index (κ2) is 6.22. The number of carboxylic acid groups (broad SMARTS) is 1.